The van der Waals surface area contributed by atoms with Crippen molar-refractivity contribution >= 4 is 11.6 Å². The molecular formula is C17H20ClFN2. The normalized spacial score (nSPS) is 12.3. The van der Waals surface area contributed by atoms with Crippen LogP contribution in [0.2, 0.25) is 5.02 Å². The van der Waals surface area contributed by atoms with Gasteiger partial charge >= 0.3 is 0 Å². The number of rotatable bonds is 7. The van der Waals surface area contributed by atoms with Crippen molar-refractivity contribution in [2.75, 3.05) is 6.54 Å². The molecule has 1 atom stereocenters. The lowest BCUT2D eigenvalue weighted by Gasteiger charge is -2.19. The van der Waals surface area contributed by atoms with E-state index >= 15 is 0 Å². The van der Waals surface area contributed by atoms with E-state index in [9.17, 15) is 4.39 Å². The van der Waals surface area contributed by atoms with Gasteiger partial charge in [-0.1, -0.05) is 30.7 Å². The van der Waals surface area contributed by atoms with Crippen LogP contribution in [0.4, 0.5) is 4.39 Å². The number of nitrogens with zero attached hydrogens (tertiary/aromatic N) is 1. The van der Waals surface area contributed by atoms with Crippen molar-refractivity contribution in [1.82, 2.24) is 10.3 Å². The molecule has 1 heterocycles. The molecule has 1 aromatic carbocycles. The van der Waals surface area contributed by atoms with Gasteiger partial charge in [-0.2, -0.15) is 0 Å². The quantitative estimate of drug-likeness (QED) is 0.835. The summed E-state index contributed by atoms with van der Waals surface area (Å²) < 4.78 is 14.1. The van der Waals surface area contributed by atoms with Crippen molar-refractivity contribution < 1.29 is 4.39 Å². The fourth-order valence-corrected chi connectivity index (χ4v) is 2.53. The first-order valence-corrected chi connectivity index (χ1v) is 7.63. The Labute approximate surface area is 130 Å². The van der Waals surface area contributed by atoms with Crippen LogP contribution in [-0.4, -0.2) is 17.6 Å². The first-order chi connectivity index (χ1) is 10.2. The molecule has 2 nitrogen and oxygen atoms in total. The van der Waals surface area contributed by atoms with E-state index in [4.69, 9.17) is 11.6 Å². The van der Waals surface area contributed by atoms with E-state index < -0.39 is 0 Å². The molecule has 4 heteroatoms. The maximum Gasteiger partial charge on any atom is 0.145 e. The van der Waals surface area contributed by atoms with Gasteiger partial charge in [-0.25, -0.2) is 4.39 Å². The van der Waals surface area contributed by atoms with Crippen molar-refractivity contribution in [1.29, 1.82) is 0 Å². The van der Waals surface area contributed by atoms with Crippen molar-refractivity contribution in [3.8, 4) is 0 Å². The second kappa shape index (κ2) is 8.11. The predicted molar refractivity (Wildman–Crippen MR) is 85.1 cm³/mol. The fourth-order valence-electron chi connectivity index (χ4n) is 2.34. The van der Waals surface area contributed by atoms with Gasteiger partial charge in [-0.3, -0.25) is 4.98 Å². The Morgan fingerprint density at radius 2 is 1.95 bits per heavy atom. The largest absolute Gasteiger partial charge is 0.313 e. The maximum atomic E-state index is 14.1. The molecule has 0 aliphatic carbocycles. The Balaban J connectivity index is 2.10. The highest BCUT2D eigenvalue weighted by molar-refractivity contribution is 6.30. The smallest absolute Gasteiger partial charge is 0.145 e. The second-order valence-corrected chi connectivity index (χ2v) is 5.53. The molecule has 2 rings (SSSR count). The van der Waals surface area contributed by atoms with Crippen LogP contribution >= 0.6 is 11.6 Å². The SMILES string of the molecule is CCCNC(Cc1ccncc1)Cc1cccc(Cl)c1F. The van der Waals surface area contributed by atoms with Crippen molar-refractivity contribution in [2.45, 2.75) is 32.2 Å². The summed E-state index contributed by atoms with van der Waals surface area (Å²) in [6, 6.07) is 9.35. The molecule has 0 saturated heterocycles. The molecule has 0 aliphatic heterocycles. The summed E-state index contributed by atoms with van der Waals surface area (Å²) in [5.41, 5.74) is 1.85. The third kappa shape index (κ3) is 4.80. The molecule has 112 valence electrons. The van der Waals surface area contributed by atoms with E-state index in [1.54, 1.807) is 30.6 Å². The zero-order valence-corrected chi connectivity index (χ0v) is 12.9. The van der Waals surface area contributed by atoms with Gasteiger partial charge in [0.25, 0.3) is 0 Å². The zero-order valence-electron chi connectivity index (χ0n) is 12.2. The van der Waals surface area contributed by atoms with E-state index in [0.717, 1.165) is 19.4 Å². The summed E-state index contributed by atoms with van der Waals surface area (Å²) in [7, 11) is 0. The molecule has 0 radical (unpaired) electrons. The highest BCUT2D eigenvalue weighted by Gasteiger charge is 2.14. The number of aromatic nitrogens is 1. The Hall–Kier alpha value is -1.45. The number of pyridine rings is 1. The van der Waals surface area contributed by atoms with Gasteiger partial charge in [0.1, 0.15) is 5.82 Å². The van der Waals surface area contributed by atoms with Crippen LogP contribution < -0.4 is 5.32 Å². The van der Waals surface area contributed by atoms with Gasteiger partial charge in [-0.05, 0) is 55.1 Å². The van der Waals surface area contributed by atoms with Gasteiger partial charge < -0.3 is 5.32 Å². The van der Waals surface area contributed by atoms with Gasteiger partial charge in [0.15, 0.2) is 0 Å². The number of benzene rings is 1. The molecule has 0 aliphatic rings. The van der Waals surface area contributed by atoms with E-state index in [0.29, 0.717) is 12.0 Å². The molecule has 1 N–H and O–H groups in total. The van der Waals surface area contributed by atoms with Gasteiger partial charge in [0, 0.05) is 18.4 Å². The Kier molecular flexibility index (Phi) is 6.15. The van der Waals surface area contributed by atoms with Gasteiger partial charge in [0.2, 0.25) is 0 Å². The van der Waals surface area contributed by atoms with Crippen LogP contribution in [0.3, 0.4) is 0 Å². The topological polar surface area (TPSA) is 24.9 Å². The maximum absolute atomic E-state index is 14.1. The lowest BCUT2D eigenvalue weighted by atomic mass is 9.99. The minimum atomic E-state index is -0.308. The van der Waals surface area contributed by atoms with Crippen molar-refractivity contribution in [2.24, 2.45) is 0 Å². The Bertz CT molecular complexity index is 560. The average Bonchev–Trinajstić information content (AvgIpc) is 2.50. The van der Waals surface area contributed by atoms with Gasteiger partial charge in [0.05, 0.1) is 5.02 Å². The zero-order chi connectivity index (χ0) is 15.1. The van der Waals surface area contributed by atoms with Crippen molar-refractivity contribution in [3.63, 3.8) is 0 Å². The molecule has 0 bridgehead atoms. The highest BCUT2D eigenvalue weighted by Crippen LogP contribution is 2.20. The predicted octanol–water partition coefficient (Wildman–Crippen LogP) is 4.03. The van der Waals surface area contributed by atoms with Crippen LogP contribution in [0.1, 0.15) is 24.5 Å². The highest BCUT2D eigenvalue weighted by atomic mass is 35.5. The summed E-state index contributed by atoms with van der Waals surface area (Å²) in [4.78, 5) is 4.03. The molecule has 0 spiro atoms. The number of hydrogen-bond donors (Lipinski definition) is 1. The Morgan fingerprint density at radius 3 is 2.67 bits per heavy atom. The summed E-state index contributed by atoms with van der Waals surface area (Å²) in [5.74, 6) is -0.308. The van der Waals surface area contributed by atoms with E-state index in [1.165, 1.54) is 5.56 Å². The molecule has 1 aromatic heterocycles. The molecule has 1 unspecified atom stereocenters. The van der Waals surface area contributed by atoms with Crippen LogP contribution in [0.15, 0.2) is 42.7 Å². The van der Waals surface area contributed by atoms with Crippen LogP contribution in [0.5, 0.6) is 0 Å². The third-order valence-corrected chi connectivity index (χ3v) is 3.70. The minimum absolute atomic E-state index is 0.181. The molecular weight excluding hydrogens is 287 g/mol. The fraction of sp³-hybridized carbons (Fsp3) is 0.353. The van der Waals surface area contributed by atoms with E-state index in [2.05, 4.69) is 17.2 Å². The first-order valence-electron chi connectivity index (χ1n) is 7.26. The first kappa shape index (κ1) is 15.9. The number of hydrogen-bond acceptors (Lipinski definition) is 2. The monoisotopic (exact) mass is 306 g/mol. The molecule has 0 amide bonds. The number of nitrogens with one attached hydrogen (secondary N) is 1. The lowest BCUT2D eigenvalue weighted by molar-refractivity contribution is 0.492. The standard InChI is InChI=1S/C17H20ClFN2/c1-2-8-21-15(11-13-6-9-20-10-7-13)12-14-4-3-5-16(18)17(14)19/h3-7,9-10,15,21H,2,8,11-12H2,1H3. The van der Waals surface area contributed by atoms with Crippen LogP contribution in [-0.2, 0) is 12.8 Å². The molecule has 0 fully saturated rings. The third-order valence-electron chi connectivity index (χ3n) is 3.41. The Morgan fingerprint density at radius 1 is 1.19 bits per heavy atom. The summed E-state index contributed by atoms with van der Waals surface area (Å²) in [5, 5.41) is 3.67. The molecule has 21 heavy (non-hydrogen) atoms. The molecule has 2 aromatic rings. The van der Waals surface area contributed by atoms with E-state index in [1.807, 2.05) is 12.1 Å². The van der Waals surface area contributed by atoms with E-state index in [-0.39, 0.29) is 16.9 Å². The molecule has 0 saturated carbocycles. The van der Waals surface area contributed by atoms with Gasteiger partial charge in [-0.15, -0.1) is 0 Å². The minimum Gasteiger partial charge on any atom is -0.313 e. The summed E-state index contributed by atoms with van der Waals surface area (Å²) in [6.07, 6.45) is 6.08. The second-order valence-electron chi connectivity index (χ2n) is 5.13. The summed E-state index contributed by atoms with van der Waals surface area (Å²) in [6.45, 7) is 3.04. The van der Waals surface area contributed by atoms with Crippen LogP contribution in [0, 0.1) is 5.82 Å². The van der Waals surface area contributed by atoms with Crippen molar-refractivity contribution in [3.05, 3.63) is 64.7 Å². The average molecular weight is 307 g/mol. The summed E-state index contributed by atoms with van der Waals surface area (Å²) >= 11 is 5.86. The van der Waals surface area contributed by atoms with Crippen LogP contribution in [0.25, 0.3) is 0 Å². The lowest BCUT2D eigenvalue weighted by Crippen LogP contribution is -2.34. The number of halogens is 2.